The first-order chi connectivity index (χ1) is 13.6. The van der Waals surface area contributed by atoms with Gasteiger partial charge in [0.05, 0.1) is 23.6 Å². The number of hydrogen-bond donors (Lipinski definition) is 1. The predicted molar refractivity (Wildman–Crippen MR) is 108 cm³/mol. The van der Waals surface area contributed by atoms with Crippen molar-refractivity contribution in [3.8, 4) is 0 Å². The number of nitro benzene ring substituents is 1. The number of esters is 1. The van der Waals surface area contributed by atoms with Crippen LogP contribution >= 0.6 is 0 Å². The molecule has 7 heteroatoms. The summed E-state index contributed by atoms with van der Waals surface area (Å²) in [5.74, 6) is -0.404. The summed E-state index contributed by atoms with van der Waals surface area (Å²) in [6.07, 6.45) is 3.61. The third kappa shape index (κ3) is 4.26. The largest absolute Gasteiger partial charge is 0.458 e. The molecule has 3 rings (SSSR count). The number of aryl methyl sites for hydroxylation is 1. The van der Waals surface area contributed by atoms with Crippen molar-refractivity contribution in [3.05, 3.63) is 57.2 Å². The number of benzene rings is 1. The van der Waals surface area contributed by atoms with Gasteiger partial charge >= 0.3 is 5.97 Å². The van der Waals surface area contributed by atoms with E-state index >= 15 is 0 Å². The first kappa shape index (κ1) is 21.2. The lowest BCUT2D eigenvalue weighted by molar-refractivity contribution is -0.385. The van der Waals surface area contributed by atoms with Crippen molar-refractivity contribution >= 4 is 17.2 Å². The normalized spacial score (nSPS) is 26.8. The molecule has 156 valence electrons. The van der Waals surface area contributed by atoms with E-state index in [0.29, 0.717) is 18.4 Å². The van der Waals surface area contributed by atoms with Crippen LogP contribution in [0.2, 0.25) is 0 Å². The Morgan fingerprint density at radius 3 is 2.66 bits per heavy atom. The molecule has 1 aliphatic carbocycles. The number of nitro groups is 1. The maximum absolute atomic E-state index is 11.6. The van der Waals surface area contributed by atoms with Gasteiger partial charge in [-0.15, -0.1) is 0 Å². The monoisotopic (exact) mass is 401 g/mol. The summed E-state index contributed by atoms with van der Waals surface area (Å²) in [4.78, 5) is 22.4. The van der Waals surface area contributed by atoms with Gasteiger partial charge in [-0.2, -0.15) is 0 Å². The maximum Gasteiger partial charge on any atom is 0.309 e. The molecule has 1 unspecified atom stereocenters. The number of cyclic esters (lactones) is 1. The van der Waals surface area contributed by atoms with E-state index in [1.165, 1.54) is 6.07 Å². The Morgan fingerprint density at radius 2 is 2.07 bits per heavy atom. The Kier molecular flexibility index (Phi) is 5.91. The highest BCUT2D eigenvalue weighted by Crippen LogP contribution is 2.49. The minimum Gasteiger partial charge on any atom is -0.458 e. The highest BCUT2D eigenvalue weighted by atomic mass is 16.6. The third-order valence-electron chi connectivity index (χ3n) is 5.91. The topological polar surface area (TPSA) is 98.9 Å². The zero-order valence-corrected chi connectivity index (χ0v) is 17.2. The minimum atomic E-state index is -0.694. The lowest BCUT2D eigenvalue weighted by atomic mass is 9.82. The molecule has 0 saturated carbocycles. The van der Waals surface area contributed by atoms with Crippen LogP contribution in [0.25, 0.3) is 5.57 Å². The van der Waals surface area contributed by atoms with Crippen molar-refractivity contribution in [2.24, 2.45) is 5.41 Å². The number of ether oxygens (including phenoxy) is 2. The van der Waals surface area contributed by atoms with Crippen LogP contribution in [0.4, 0.5) is 5.69 Å². The molecule has 0 radical (unpaired) electrons. The van der Waals surface area contributed by atoms with E-state index in [-0.39, 0.29) is 28.6 Å². The van der Waals surface area contributed by atoms with Gasteiger partial charge in [-0.25, -0.2) is 0 Å². The molecule has 2 aliphatic rings. The summed E-state index contributed by atoms with van der Waals surface area (Å²) < 4.78 is 11.0. The lowest BCUT2D eigenvalue weighted by Gasteiger charge is -2.29. The maximum atomic E-state index is 11.6. The van der Waals surface area contributed by atoms with Gasteiger partial charge in [-0.1, -0.05) is 19.9 Å². The Bertz CT molecular complexity index is 885. The van der Waals surface area contributed by atoms with Crippen LogP contribution < -0.4 is 0 Å². The molecule has 7 nitrogen and oxygen atoms in total. The molecule has 1 aliphatic heterocycles. The molecule has 1 fully saturated rings. The fourth-order valence-electron chi connectivity index (χ4n) is 4.26. The Balaban J connectivity index is 2.00. The average molecular weight is 401 g/mol. The molecule has 0 spiro atoms. The van der Waals surface area contributed by atoms with Crippen LogP contribution in [0.1, 0.15) is 44.2 Å². The standard InChI is InChI=1S/C22H27NO6/c1-13-9-14(5-8-19(13)23(26)27)17-12-20(28-4)22(2,3)18(17)7-6-16-10-15(24)11-21(25)29-16/h5-9,15-16,20,24H,10-12H2,1-4H3/b7-6+/t15-,16-,20?/m1/s1. The average Bonchev–Trinajstić information content (AvgIpc) is 2.88. The fourth-order valence-corrected chi connectivity index (χ4v) is 4.26. The van der Waals surface area contributed by atoms with Gasteiger partial charge in [0.1, 0.15) is 6.10 Å². The SMILES string of the molecule is COC1CC(c2ccc([N+](=O)[O-])c(C)c2)=C(/C=C/[C@@H]2C[C@@H](O)CC(=O)O2)C1(C)C. The fraction of sp³-hybridized carbons (Fsp3) is 0.500. The smallest absolute Gasteiger partial charge is 0.309 e. The molecule has 1 N–H and O–H groups in total. The number of aliphatic hydroxyl groups is 1. The highest BCUT2D eigenvalue weighted by Gasteiger charge is 2.41. The van der Waals surface area contributed by atoms with Crippen molar-refractivity contribution in [2.45, 2.75) is 58.3 Å². The summed E-state index contributed by atoms with van der Waals surface area (Å²) in [5.41, 5.74) is 3.41. The number of hydrogen-bond acceptors (Lipinski definition) is 6. The molecule has 29 heavy (non-hydrogen) atoms. The second-order valence-electron chi connectivity index (χ2n) is 8.28. The van der Waals surface area contributed by atoms with Crippen LogP contribution in [-0.4, -0.2) is 41.4 Å². The summed E-state index contributed by atoms with van der Waals surface area (Å²) >= 11 is 0. The Labute approximate surface area is 170 Å². The highest BCUT2D eigenvalue weighted by molar-refractivity contribution is 5.77. The number of rotatable bonds is 5. The second kappa shape index (κ2) is 8.08. The first-order valence-electron chi connectivity index (χ1n) is 9.71. The van der Waals surface area contributed by atoms with Gasteiger partial charge in [0.25, 0.3) is 5.69 Å². The van der Waals surface area contributed by atoms with Crippen molar-refractivity contribution in [3.63, 3.8) is 0 Å². The Hall–Kier alpha value is -2.51. The third-order valence-corrected chi connectivity index (χ3v) is 5.91. The van der Waals surface area contributed by atoms with Crippen molar-refractivity contribution in [1.29, 1.82) is 0 Å². The predicted octanol–water partition coefficient (Wildman–Crippen LogP) is 3.72. The van der Waals surface area contributed by atoms with E-state index in [1.54, 1.807) is 20.1 Å². The van der Waals surface area contributed by atoms with Crippen molar-refractivity contribution in [1.82, 2.24) is 0 Å². The Morgan fingerprint density at radius 1 is 1.34 bits per heavy atom. The summed E-state index contributed by atoms with van der Waals surface area (Å²) in [5, 5.41) is 21.0. The van der Waals surface area contributed by atoms with Crippen LogP contribution in [0, 0.1) is 22.5 Å². The van der Waals surface area contributed by atoms with Gasteiger partial charge in [-0.05, 0) is 41.8 Å². The van der Waals surface area contributed by atoms with Crippen LogP contribution in [-0.2, 0) is 14.3 Å². The summed E-state index contributed by atoms with van der Waals surface area (Å²) in [7, 11) is 1.68. The number of nitrogens with zero attached hydrogens (tertiary/aromatic N) is 1. The number of carbonyl (C=O) groups excluding carboxylic acids is 1. The van der Waals surface area contributed by atoms with E-state index in [4.69, 9.17) is 9.47 Å². The molecular weight excluding hydrogens is 374 g/mol. The van der Waals surface area contributed by atoms with Gasteiger partial charge in [0.15, 0.2) is 0 Å². The van der Waals surface area contributed by atoms with E-state index in [1.807, 2.05) is 18.2 Å². The summed E-state index contributed by atoms with van der Waals surface area (Å²) in [6, 6.07) is 5.14. The van der Waals surface area contributed by atoms with Gasteiger partial charge in [0, 0.05) is 37.0 Å². The van der Waals surface area contributed by atoms with Crippen LogP contribution in [0.3, 0.4) is 0 Å². The number of allylic oxidation sites excluding steroid dienone is 1. The van der Waals surface area contributed by atoms with Crippen molar-refractivity contribution < 1.29 is 24.3 Å². The van der Waals surface area contributed by atoms with E-state index in [0.717, 1.165) is 16.7 Å². The molecule has 1 aromatic rings. The number of aliphatic hydroxyl groups excluding tert-OH is 1. The summed E-state index contributed by atoms with van der Waals surface area (Å²) in [6.45, 7) is 5.91. The van der Waals surface area contributed by atoms with Gasteiger partial charge in [0.2, 0.25) is 0 Å². The molecule has 0 bridgehead atoms. The minimum absolute atomic E-state index is 0.0254. The van der Waals surface area contributed by atoms with E-state index < -0.39 is 18.2 Å². The second-order valence-corrected chi connectivity index (χ2v) is 8.28. The molecule has 0 amide bonds. The zero-order chi connectivity index (χ0) is 21.3. The molecule has 0 aromatic heterocycles. The van der Waals surface area contributed by atoms with Gasteiger partial charge < -0.3 is 14.6 Å². The molecule has 1 aromatic carbocycles. The first-order valence-corrected chi connectivity index (χ1v) is 9.71. The zero-order valence-electron chi connectivity index (χ0n) is 17.2. The molecule has 3 atom stereocenters. The molecular formula is C22H27NO6. The number of methoxy groups -OCH3 is 1. The molecule has 1 heterocycles. The number of carbonyl (C=O) groups is 1. The van der Waals surface area contributed by atoms with Gasteiger partial charge in [-0.3, -0.25) is 14.9 Å². The van der Waals surface area contributed by atoms with E-state index in [9.17, 15) is 20.0 Å². The van der Waals surface area contributed by atoms with Crippen LogP contribution in [0.5, 0.6) is 0 Å². The quantitative estimate of drug-likeness (QED) is 0.459. The lowest BCUT2D eigenvalue weighted by Crippen LogP contribution is -2.31. The molecule has 1 saturated heterocycles. The van der Waals surface area contributed by atoms with Crippen LogP contribution in [0.15, 0.2) is 35.9 Å². The van der Waals surface area contributed by atoms with E-state index in [2.05, 4.69) is 13.8 Å². The van der Waals surface area contributed by atoms with Crippen molar-refractivity contribution in [2.75, 3.05) is 7.11 Å².